The Bertz CT molecular complexity index is 704. The Hall–Kier alpha value is -2.60. The molecule has 0 saturated heterocycles. The first-order valence-corrected chi connectivity index (χ1v) is 6.42. The lowest BCUT2D eigenvalue weighted by Gasteiger charge is -2.07. The van der Waals surface area contributed by atoms with E-state index in [1.54, 1.807) is 24.3 Å². The first-order chi connectivity index (χ1) is 9.99. The molecule has 0 aliphatic heterocycles. The lowest BCUT2D eigenvalue weighted by molar-refractivity contribution is -0.384. The number of carbonyl (C=O) groups excluding carboxylic acids is 1. The average Bonchev–Trinajstić information content (AvgIpc) is 2.44. The van der Waals surface area contributed by atoms with Crippen molar-refractivity contribution in [2.45, 2.75) is 6.54 Å². The quantitative estimate of drug-likeness (QED) is 0.515. The summed E-state index contributed by atoms with van der Waals surface area (Å²) in [7, 11) is 0. The predicted molar refractivity (Wildman–Crippen MR) is 80.1 cm³/mol. The number of hydrogen-bond acceptors (Lipinski definition) is 4. The topological polar surface area (TPSA) is 98.3 Å². The zero-order valence-electron chi connectivity index (χ0n) is 10.9. The number of para-hydroxylation sites is 1. The number of carbonyl (C=O) groups is 1. The van der Waals surface area contributed by atoms with E-state index in [-0.39, 0.29) is 23.5 Å². The van der Waals surface area contributed by atoms with Crippen molar-refractivity contribution in [2.75, 3.05) is 5.73 Å². The van der Waals surface area contributed by atoms with E-state index in [4.69, 9.17) is 17.3 Å². The van der Waals surface area contributed by atoms with Crippen molar-refractivity contribution in [2.24, 2.45) is 0 Å². The standard InChI is InChI=1S/C14H12ClN3O3/c15-10-4-1-3-9(7-10)8-17-14(19)11-5-2-6-12(16)13(11)18(20)21/h1-7H,8,16H2,(H,17,19). The zero-order valence-corrected chi connectivity index (χ0v) is 11.6. The van der Waals surface area contributed by atoms with Crippen LogP contribution in [0.4, 0.5) is 11.4 Å². The lowest BCUT2D eigenvalue weighted by atomic mass is 10.1. The highest BCUT2D eigenvalue weighted by molar-refractivity contribution is 6.30. The molecule has 0 radical (unpaired) electrons. The Balaban J connectivity index is 2.18. The summed E-state index contributed by atoms with van der Waals surface area (Å²) in [6.45, 7) is 0.214. The molecule has 2 aromatic carbocycles. The number of rotatable bonds is 4. The molecule has 0 aliphatic rings. The van der Waals surface area contributed by atoms with Crippen LogP contribution in [0, 0.1) is 10.1 Å². The number of nitro benzene ring substituents is 1. The molecule has 3 N–H and O–H groups in total. The molecule has 0 aliphatic carbocycles. The van der Waals surface area contributed by atoms with E-state index in [1.165, 1.54) is 18.2 Å². The number of nitrogens with zero attached hydrogens (tertiary/aromatic N) is 1. The number of benzene rings is 2. The van der Waals surface area contributed by atoms with Gasteiger partial charge in [-0.25, -0.2) is 0 Å². The minimum atomic E-state index is -0.663. The Labute approximate surface area is 125 Å². The van der Waals surface area contributed by atoms with Gasteiger partial charge in [-0.05, 0) is 29.8 Å². The van der Waals surface area contributed by atoms with E-state index in [1.807, 2.05) is 0 Å². The van der Waals surface area contributed by atoms with Gasteiger partial charge in [0.1, 0.15) is 11.3 Å². The molecule has 0 heterocycles. The van der Waals surface area contributed by atoms with Gasteiger partial charge in [0.2, 0.25) is 0 Å². The van der Waals surface area contributed by atoms with Gasteiger partial charge in [0, 0.05) is 11.6 Å². The normalized spacial score (nSPS) is 10.1. The van der Waals surface area contributed by atoms with E-state index in [2.05, 4.69) is 5.32 Å². The van der Waals surface area contributed by atoms with E-state index < -0.39 is 10.8 Å². The molecular weight excluding hydrogens is 294 g/mol. The van der Waals surface area contributed by atoms with Gasteiger partial charge in [-0.2, -0.15) is 0 Å². The minimum absolute atomic E-state index is 0.0459. The SMILES string of the molecule is Nc1cccc(C(=O)NCc2cccc(Cl)c2)c1[N+](=O)[O-]. The number of nitrogen functional groups attached to an aromatic ring is 1. The van der Waals surface area contributed by atoms with Gasteiger partial charge in [-0.15, -0.1) is 0 Å². The molecule has 0 atom stereocenters. The second-order valence-electron chi connectivity index (χ2n) is 4.31. The lowest BCUT2D eigenvalue weighted by Crippen LogP contribution is -2.24. The molecule has 0 unspecified atom stereocenters. The molecule has 108 valence electrons. The maximum absolute atomic E-state index is 12.1. The summed E-state index contributed by atoms with van der Waals surface area (Å²) in [4.78, 5) is 22.4. The molecule has 21 heavy (non-hydrogen) atoms. The van der Waals surface area contributed by atoms with Gasteiger partial charge in [0.05, 0.1) is 4.92 Å². The molecule has 0 fully saturated rings. The minimum Gasteiger partial charge on any atom is -0.393 e. The van der Waals surface area contributed by atoms with E-state index >= 15 is 0 Å². The van der Waals surface area contributed by atoms with Crippen LogP contribution in [0.2, 0.25) is 5.02 Å². The van der Waals surface area contributed by atoms with E-state index in [0.29, 0.717) is 5.02 Å². The maximum atomic E-state index is 12.1. The van der Waals surface area contributed by atoms with Gasteiger partial charge in [-0.1, -0.05) is 29.8 Å². The molecule has 7 heteroatoms. The average molecular weight is 306 g/mol. The summed E-state index contributed by atoms with van der Waals surface area (Å²) in [5.74, 6) is -0.561. The number of nitrogens with two attached hydrogens (primary N) is 1. The monoisotopic (exact) mass is 305 g/mol. The largest absolute Gasteiger partial charge is 0.393 e. The number of anilines is 1. The molecule has 2 aromatic rings. The highest BCUT2D eigenvalue weighted by Gasteiger charge is 2.22. The van der Waals surface area contributed by atoms with Gasteiger partial charge in [-0.3, -0.25) is 14.9 Å². The van der Waals surface area contributed by atoms with Crippen LogP contribution in [0.25, 0.3) is 0 Å². The summed E-state index contributed by atoms with van der Waals surface area (Å²) >= 11 is 5.85. The fraction of sp³-hybridized carbons (Fsp3) is 0.0714. The number of hydrogen-bond donors (Lipinski definition) is 2. The van der Waals surface area contributed by atoms with Crippen LogP contribution in [0.3, 0.4) is 0 Å². The van der Waals surface area contributed by atoms with Crippen LogP contribution in [-0.2, 0) is 6.54 Å². The predicted octanol–water partition coefficient (Wildman–Crippen LogP) is 2.76. The second kappa shape index (κ2) is 6.23. The Morgan fingerprint density at radius 3 is 2.67 bits per heavy atom. The maximum Gasteiger partial charge on any atom is 0.304 e. The highest BCUT2D eigenvalue weighted by atomic mass is 35.5. The fourth-order valence-corrected chi connectivity index (χ4v) is 2.09. The molecular formula is C14H12ClN3O3. The smallest absolute Gasteiger partial charge is 0.304 e. The summed E-state index contributed by atoms with van der Waals surface area (Å²) in [6, 6.07) is 11.2. The Kier molecular flexibility index (Phi) is 4.39. The second-order valence-corrected chi connectivity index (χ2v) is 4.75. The third-order valence-corrected chi connectivity index (χ3v) is 3.07. The van der Waals surface area contributed by atoms with Crippen LogP contribution in [0.15, 0.2) is 42.5 Å². The van der Waals surface area contributed by atoms with Gasteiger partial charge < -0.3 is 11.1 Å². The van der Waals surface area contributed by atoms with Crippen LogP contribution in [-0.4, -0.2) is 10.8 Å². The van der Waals surface area contributed by atoms with Gasteiger partial charge in [0.15, 0.2) is 0 Å². The van der Waals surface area contributed by atoms with Crippen LogP contribution < -0.4 is 11.1 Å². The Morgan fingerprint density at radius 1 is 1.29 bits per heavy atom. The van der Waals surface area contributed by atoms with Crippen molar-refractivity contribution < 1.29 is 9.72 Å². The molecule has 2 rings (SSSR count). The van der Waals surface area contributed by atoms with E-state index in [0.717, 1.165) is 5.56 Å². The van der Waals surface area contributed by atoms with Crippen LogP contribution in [0.1, 0.15) is 15.9 Å². The number of nitro groups is 1. The fourth-order valence-electron chi connectivity index (χ4n) is 1.87. The number of halogens is 1. The molecule has 0 spiro atoms. The van der Waals surface area contributed by atoms with E-state index in [9.17, 15) is 14.9 Å². The molecule has 6 nitrogen and oxygen atoms in total. The van der Waals surface area contributed by atoms with Crippen molar-refractivity contribution in [1.82, 2.24) is 5.32 Å². The summed E-state index contributed by atoms with van der Waals surface area (Å²) in [5, 5.41) is 14.2. The first-order valence-electron chi connectivity index (χ1n) is 6.04. The van der Waals surface area contributed by atoms with Crippen molar-refractivity contribution >= 4 is 28.9 Å². The van der Waals surface area contributed by atoms with Crippen LogP contribution >= 0.6 is 11.6 Å². The first kappa shape index (κ1) is 14.8. The molecule has 0 aromatic heterocycles. The summed E-state index contributed by atoms with van der Waals surface area (Å²) < 4.78 is 0. The van der Waals surface area contributed by atoms with Crippen molar-refractivity contribution in [3.63, 3.8) is 0 Å². The number of nitrogens with one attached hydrogen (secondary N) is 1. The van der Waals surface area contributed by atoms with Gasteiger partial charge >= 0.3 is 5.69 Å². The molecule has 0 bridgehead atoms. The third-order valence-electron chi connectivity index (χ3n) is 2.84. The van der Waals surface area contributed by atoms with Gasteiger partial charge in [0.25, 0.3) is 5.91 Å². The molecule has 0 saturated carbocycles. The van der Waals surface area contributed by atoms with Crippen molar-refractivity contribution in [1.29, 1.82) is 0 Å². The molecule has 1 amide bonds. The summed E-state index contributed by atoms with van der Waals surface area (Å²) in [6.07, 6.45) is 0. The third kappa shape index (κ3) is 3.49. The van der Waals surface area contributed by atoms with Crippen LogP contribution in [0.5, 0.6) is 0 Å². The van der Waals surface area contributed by atoms with Crippen molar-refractivity contribution in [3.8, 4) is 0 Å². The van der Waals surface area contributed by atoms with Crippen molar-refractivity contribution in [3.05, 3.63) is 68.7 Å². The highest BCUT2D eigenvalue weighted by Crippen LogP contribution is 2.25. The Morgan fingerprint density at radius 2 is 2.00 bits per heavy atom. The number of amides is 1. The zero-order chi connectivity index (χ0) is 15.4. The summed E-state index contributed by atoms with van der Waals surface area (Å²) in [5.41, 5.74) is 5.84.